The number of pyridine rings is 1. The van der Waals surface area contributed by atoms with Gasteiger partial charge in [-0.2, -0.15) is 14.9 Å². The Hall–Kier alpha value is -3.83. The lowest BCUT2D eigenvalue weighted by Gasteiger charge is -2.23. The van der Waals surface area contributed by atoms with Gasteiger partial charge < -0.3 is 10.2 Å². The number of aryl methyl sites for hydroxylation is 1. The van der Waals surface area contributed by atoms with Crippen LogP contribution < -0.4 is 10.2 Å². The zero-order chi connectivity index (χ0) is 23.7. The van der Waals surface area contributed by atoms with Gasteiger partial charge in [-0.3, -0.25) is 0 Å². The molecule has 0 aliphatic carbocycles. The molecule has 3 aromatic heterocycles. The fraction of sp³-hybridized carbons (Fsp3) is 0.308. The molecule has 1 aliphatic rings. The highest BCUT2D eigenvalue weighted by atomic mass is 19.1. The molecule has 0 spiro atoms. The highest BCUT2D eigenvalue weighted by Crippen LogP contribution is 2.31. The molecule has 0 saturated carbocycles. The average Bonchev–Trinajstić information content (AvgIpc) is 3.26. The van der Waals surface area contributed by atoms with Crippen molar-refractivity contribution in [2.24, 2.45) is 0 Å². The van der Waals surface area contributed by atoms with Crippen molar-refractivity contribution in [3.05, 3.63) is 71.3 Å². The molecule has 7 nitrogen and oxygen atoms in total. The Kier molecular flexibility index (Phi) is 5.95. The van der Waals surface area contributed by atoms with Gasteiger partial charge in [-0.1, -0.05) is 6.92 Å². The summed E-state index contributed by atoms with van der Waals surface area (Å²) in [7, 11) is 1.93. The topological polar surface area (TPSA) is 82.1 Å². The zero-order valence-corrected chi connectivity index (χ0v) is 19.3. The fourth-order valence-corrected chi connectivity index (χ4v) is 4.55. The minimum atomic E-state index is -0.329. The number of nitrogens with zero attached hydrogens (tertiary/aromatic N) is 6. The summed E-state index contributed by atoms with van der Waals surface area (Å²) in [6.07, 6.45) is 2.88. The van der Waals surface area contributed by atoms with Gasteiger partial charge in [0.1, 0.15) is 17.7 Å². The molecular weight excluding hydrogens is 429 g/mol. The molecule has 1 fully saturated rings. The van der Waals surface area contributed by atoms with Gasteiger partial charge in [-0.05, 0) is 80.9 Å². The number of halogens is 1. The van der Waals surface area contributed by atoms with E-state index in [0.717, 1.165) is 55.2 Å². The molecule has 5 rings (SSSR count). The van der Waals surface area contributed by atoms with E-state index in [-0.39, 0.29) is 5.82 Å². The first kappa shape index (κ1) is 22.0. The summed E-state index contributed by atoms with van der Waals surface area (Å²) < 4.78 is 15.4. The largest absolute Gasteiger partial charge is 0.317 e. The van der Waals surface area contributed by atoms with Crippen LogP contribution in [0.25, 0.3) is 16.9 Å². The van der Waals surface area contributed by atoms with Crippen LogP contribution in [-0.4, -0.2) is 39.7 Å². The van der Waals surface area contributed by atoms with Crippen molar-refractivity contribution in [3.8, 4) is 17.3 Å². The highest BCUT2D eigenvalue weighted by molar-refractivity contribution is 5.71. The van der Waals surface area contributed by atoms with Gasteiger partial charge in [-0.15, -0.1) is 0 Å². The van der Waals surface area contributed by atoms with Crippen molar-refractivity contribution in [3.63, 3.8) is 0 Å². The van der Waals surface area contributed by atoms with E-state index < -0.39 is 0 Å². The quantitative estimate of drug-likeness (QED) is 0.474. The normalized spacial score (nSPS) is 14.3. The molecule has 1 saturated heterocycles. The summed E-state index contributed by atoms with van der Waals surface area (Å²) in [6, 6.07) is 15.9. The summed E-state index contributed by atoms with van der Waals surface area (Å²) >= 11 is 0. The van der Waals surface area contributed by atoms with E-state index in [9.17, 15) is 9.65 Å². The highest BCUT2D eigenvalue weighted by Gasteiger charge is 2.22. The summed E-state index contributed by atoms with van der Waals surface area (Å²) in [6.45, 7) is 4.08. The lowest BCUT2D eigenvalue weighted by Crippen LogP contribution is -2.27. The first-order chi connectivity index (χ1) is 16.6. The van der Waals surface area contributed by atoms with Crippen LogP contribution in [0.3, 0.4) is 0 Å². The van der Waals surface area contributed by atoms with Crippen molar-refractivity contribution in [1.82, 2.24) is 24.9 Å². The van der Waals surface area contributed by atoms with Crippen LogP contribution in [0.5, 0.6) is 0 Å². The van der Waals surface area contributed by atoms with Crippen molar-refractivity contribution >= 4 is 17.3 Å². The number of hydrogen-bond acceptors (Lipinski definition) is 6. The summed E-state index contributed by atoms with van der Waals surface area (Å²) in [5, 5.41) is 18.0. The Bertz CT molecular complexity index is 1360. The lowest BCUT2D eigenvalue weighted by molar-refractivity contribution is 0.449. The standard InChI is InChI=1S/C26H26FN7/c1-3-21-26(34-24(30-21)11-9-22(32-34)17-12-14-29-15-13-17)33(2)23-10-6-19(16-28)25(31-23)18-4-7-20(27)8-5-18/h4-11,17,29H,3,12-15H2,1-2H3. The zero-order valence-electron chi connectivity index (χ0n) is 19.3. The van der Waals surface area contributed by atoms with Gasteiger partial charge in [0.05, 0.1) is 22.6 Å². The van der Waals surface area contributed by atoms with Crippen molar-refractivity contribution < 1.29 is 4.39 Å². The van der Waals surface area contributed by atoms with Crippen LogP contribution in [0.15, 0.2) is 48.5 Å². The molecule has 172 valence electrons. The summed E-state index contributed by atoms with van der Waals surface area (Å²) in [4.78, 5) is 11.6. The maximum absolute atomic E-state index is 13.5. The Morgan fingerprint density at radius 1 is 1.09 bits per heavy atom. The fourth-order valence-electron chi connectivity index (χ4n) is 4.55. The SMILES string of the molecule is CCc1nc2ccc(C3CCNCC3)nn2c1N(C)c1ccc(C#N)c(-c2ccc(F)cc2)n1. The van der Waals surface area contributed by atoms with E-state index in [1.807, 2.05) is 28.6 Å². The molecule has 1 aromatic carbocycles. The third-order valence-electron chi connectivity index (χ3n) is 6.42. The van der Waals surface area contributed by atoms with Gasteiger partial charge in [0.15, 0.2) is 11.5 Å². The van der Waals surface area contributed by atoms with E-state index in [4.69, 9.17) is 15.1 Å². The number of anilines is 2. The van der Waals surface area contributed by atoms with Crippen LogP contribution in [0, 0.1) is 17.1 Å². The minimum absolute atomic E-state index is 0.329. The molecule has 8 heteroatoms. The molecule has 0 bridgehead atoms. The Balaban J connectivity index is 1.60. The maximum Gasteiger partial charge on any atom is 0.159 e. The number of benzene rings is 1. The Labute approximate surface area is 197 Å². The molecule has 1 N–H and O–H groups in total. The molecule has 0 unspecified atom stereocenters. The van der Waals surface area contributed by atoms with E-state index in [1.165, 1.54) is 12.1 Å². The second-order valence-corrected chi connectivity index (χ2v) is 8.53. The number of imidazole rings is 1. The van der Waals surface area contributed by atoms with Crippen molar-refractivity contribution in [2.75, 3.05) is 25.0 Å². The van der Waals surface area contributed by atoms with E-state index in [2.05, 4.69) is 24.4 Å². The van der Waals surface area contributed by atoms with Crippen LogP contribution in [0.4, 0.5) is 16.0 Å². The molecule has 0 atom stereocenters. The van der Waals surface area contributed by atoms with Gasteiger partial charge in [0.2, 0.25) is 0 Å². The molecule has 0 amide bonds. The number of nitriles is 1. The number of aromatic nitrogens is 4. The monoisotopic (exact) mass is 455 g/mol. The lowest BCUT2D eigenvalue weighted by atomic mass is 9.94. The van der Waals surface area contributed by atoms with Gasteiger partial charge in [0, 0.05) is 18.5 Å². The van der Waals surface area contributed by atoms with Crippen LogP contribution in [0.2, 0.25) is 0 Å². The first-order valence-electron chi connectivity index (χ1n) is 11.6. The molecule has 4 heterocycles. The number of rotatable bonds is 5. The van der Waals surface area contributed by atoms with E-state index in [1.54, 1.807) is 18.2 Å². The van der Waals surface area contributed by atoms with E-state index >= 15 is 0 Å². The molecular formula is C26H26FN7. The molecule has 34 heavy (non-hydrogen) atoms. The van der Waals surface area contributed by atoms with Crippen LogP contribution in [0.1, 0.15) is 42.6 Å². The number of hydrogen-bond donors (Lipinski definition) is 1. The van der Waals surface area contributed by atoms with Crippen molar-refractivity contribution in [1.29, 1.82) is 5.26 Å². The van der Waals surface area contributed by atoms with Crippen LogP contribution >= 0.6 is 0 Å². The summed E-state index contributed by atoms with van der Waals surface area (Å²) in [5.74, 6) is 1.61. The summed E-state index contributed by atoms with van der Waals surface area (Å²) in [5.41, 5.74) is 4.43. The Morgan fingerprint density at radius 2 is 1.85 bits per heavy atom. The second kappa shape index (κ2) is 9.20. The third kappa shape index (κ3) is 3.99. The predicted molar refractivity (Wildman–Crippen MR) is 130 cm³/mol. The molecule has 1 aliphatic heterocycles. The predicted octanol–water partition coefficient (Wildman–Crippen LogP) is 4.60. The third-order valence-corrected chi connectivity index (χ3v) is 6.42. The number of piperidine rings is 1. The smallest absolute Gasteiger partial charge is 0.159 e. The number of fused-ring (bicyclic) bond motifs is 1. The molecule has 0 radical (unpaired) electrons. The van der Waals surface area contributed by atoms with E-state index in [0.29, 0.717) is 28.6 Å². The maximum atomic E-state index is 13.5. The minimum Gasteiger partial charge on any atom is -0.317 e. The van der Waals surface area contributed by atoms with Gasteiger partial charge >= 0.3 is 0 Å². The van der Waals surface area contributed by atoms with Crippen LogP contribution in [-0.2, 0) is 6.42 Å². The number of nitrogens with one attached hydrogen (secondary N) is 1. The molecule has 4 aromatic rings. The second-order valence-electron chi connectivity index (χ2n) is 8.53. The average molecular weight is 456 g/mol. The van der Waals surface area contributed by atoms with Gasteiger partial charge in [0.25, 0.3) is 0 Å². The Morgan fingerprint density at radius 3 is 2.56 bits per heavy atom. The van der Waals surface area contributed by atoms with Gasteiger partial charge in [-0.25, -0.2) is 14.4 Å². The first-order valence-corrected chi connectivity index (χ1v) is 11.6. The van der Waals surface area contributed by atoms with Crippen molar-refractivity contribution in [2.45, 2.75) is 32.1 Å².